The van der Waals surface area contributed by atoms with Crippen molar-refractivity contribution >= 4 is 11.8 Å². The molecule has 1 saturated heterocycles. The molecule has 0 aromatic heterocycles. The fourth-order valence-corrected chi connectivity index (χ4v) is 2.97. The van der Waals surface area contributed by atoms with Gasteiger partial charge in [-0.15, -0.1) is 0 Å². The van der Waals surface area contributed by atoms with Crippen molar-refractivity contribution in [3.8, 4) is 5.75 Å². The number of nitrogens with zero attached hydrogens (tertiary/aromatic N) is 1. The highest BCUT2D eigenvalue weighted by Gasteiger charge is 2.24. The van der Waals surface area contributed by atoms with E-state index >= 15 is 0 Å². The van der Waals surface area contributed by atoms with Crippen LogP contribution in [0.3, 0.4) is 0 Å². The Kier molecular flexibility index (Phi) is 7.29. The first-order valence-corrected chi connectivity index (χ1v) is 9.23. The lowest BCUT2D eigenvalue weighted by Crippen LogP contribution is -2.47. The first-order chi connectivity index (χ1) is 12.0. The Morgan fingerprint density at radius 2 is 1.84 bits per heavy atom. The average Bonchev–Trinajstić information content (AvgIpc) is 2.60. The van der Waals surface area contributed by atoms with E-state index in [9.17, 15) is 9.59 Å². The molecule has 0 bridgehead atoms. The van der Waals surface area contributed by atoms with Crippen molar-refractivity contribution in [3.63, 3.8) is 0 Å². The van der Waals surface area contributed by atoms with Crippen LogP contribution in [-0.2, 0) is 9.59 Å². The molecule has 2 amide bonds. The summed E-state index contributed by atoms with van der Waals surface area (Å²) in [6, 6.07) is 8.10. The summed E-state index contributed by atoms with van der Waals surface area (Å²) in [5.74, 6) is 1.16. The molecule has 0 saturated carbocycles. The number of benzene rings is 1. The highest BCUT2D eigenvalue weighted by atomic mass is 16.5. The summed E-state index contributed by atoms with van der Waals surface area (Å²) >= 11 is 0. The first kappa shape index (κ1) is 19.3. The molecule has 25 heavy (non-hydrogen) atoms. The molecule has 5 nitrogen and oxygen atoms in total. The average molecular weight is 346 g/mol. The van der Waals surface area contributed by atoms with E-state index in [-0.39, 0.29) is 23.8 Å². The van der Waals surface area contributed by atoms with Gasteiger partial charge >= 0.3 is 0 Å². The third-order valence-corrected chi connectivity index (χ3v) is 4.50. The SMILES string of the molecule is Cc1ccc(OCCCC(=O)NC2CCN(C(=O)C(C)C)CC2)cc1. The molecule has 138 valence electrons. The van der Waals surface area contributed by atoms with E-state index in [1.807, 2.05) is 49.9 Å². The molecular weight excluding hydrogens is 316 g/mol. The zero-order valence-electron chi connectivity index (χ0n) is 15.6. The molecular formula is C20H30N2O3. The molecule has 1 fully saturated rings. The first-order valence-electron chi connectivity index (χ1n) is 9.23. The Morgan fingerprint density at radius 3 is 2.44 bits per heavy atom. The van der Waals surface area contributed by atoms with Crippen molar-refractivity contribution in [1.29, 1.82) is 0 Å². The number of aryl methyl sites for hydroxylation is 1. The lowest BCUT2D eigenvalue weighted by Gasteiger charge is -2.33. The van der Waals surface area contributed by atoms with Crippen LogP contribution in [0.4, 0.5) is 0 Å². The van der Waals surface area contributed by atoms with Gasteiger partial charge in [-0.3, -0.25) is 9.59 Å². The van der Waals surface area contributed by atoms with E-state index in [1.54, 1.807) is 0 Å². The molecule has 2 rings (SSSR count). The molecule has 5 heteroatoms. The Morgan fingerprint density at radius 1 is 1.20 bits per heavy atom. The van der Waals surface area contributed by atoms with Crippen LogP contribution in [0.2, 0.25) is 0 Å². The highest BCUT2D eigenvalue weighted by Crippen LogP contribution is 2.14. The van der Waals surface area contributed by atoms with Crippen molar-refractivity contribution in [2.24, 2.45) is 5.92 Å². The van der Waals surface area contributed by atoms with Crippen molar-refractivity contribution in [2.75, 3.05) is 19.7 Å². The standard InChI is InChI=1S/C20H30N2O3/c1-15(2)20(24)22-12-10-17(11-13-22)21-19(23)5-4-14-25-18-8-6-16(3)7-9-18/h6-9,15,17H,4-5,10-14H2,1-3H3,(H,21,23). The smallest absolute Gasteiger partial charge is 0.225 e. The van der Waals surface area contributed by atoms with Crippen LogP contribution < -0.4 is 10.1 Å². The Hall–Kier alpha value is -2.04. The lowest BCUT2D eigenvalue weighted by atomic mass is 10.0. The van der Waals surface area contributed by atoms with E-state index in [0.717, 1.165) is 31.7 Å². The van der Waals surface area contributed by atoms with E-state index < -0.39 is 0 Å². The van der Waals surface area contributed by atoms with Gasteiger partial charge in [0.2, 0.25) is 11.8 Å². The second kappa shape index (κ2) is 9.44. The van der Waals surface area contributed by atoms with Gasteiger partial charge in [-0.05, 0) is 38.3 Å². The Balaban J connectivity index is 1.60. The summed E-state index contributed by atoms with van der Waals surface area (Å²) in [6.07, 6.45) is 2.84. The van der Waals surface area contributed by atoms with Crippen LogP contribution in [0.15, 0.2) is 24.3 Å². The zero-order valence-corrected chi connectivity index (χ0v) is 15.6. The minimum atomic E-state index is 0.0414. The molecule has 0 aliphatic carbocycles. The third kappa shape index (κ3) is 6.40. The molecule has 1 aliphatic rings. The van der Waals surface area contributed by atoms with Crippen LogP contribution in [-0.4, -0.2) is 42.5 Å². The minimum absolute atomic E-state index is 0.0414. The topological polar surface area (TPSA) is 58.6 Å². The van der Waals surface area contributed by atoms with Crippen LogP contribution in [0.1, 0.15) is 45.1 Å². The fourth-order valence-electron chi connectivity index (χ4n) is 2.97. The summed E-state index contributed by atoms with van der Waals surface area (Å²) < 4.78 is 5.64. The maximum absolute atomic E-state index is 12.0. The molecule has 0 spiro atoms. The van der Waals surface area contributed by atoms with Crippen LogP contribution in [0, 0.1) is 12.8 Å². The number of carbonyl (C=O) groups is 2. The number of amides is 2. The van der Waals surface area contributed by atoms with Crippen molar-refractivity contribution in [2.45, 2.75) is 52.5 Å². The minimum Gasteiger partial charge on any atom is -0.494 e. The van der Waals surface area contributed by atoms with Crippen LogP contribution in [0.25, 0.3) is 0 Å². The van der Waals surface area contributed by atoms with Crippen molar-refractivity contribution in [1.82, 2.24) is 10.2 Å². The quantitative estimate of drug-likeness (QED) is 0.772. The summed E-state index contributed by atoms with van der Waals surface area (Å²) in [7, 11) is 0. The van der Waals surface area contributed by atoms with E-state index in [2.05, 4.69) is 5.32 Å². The van der Waals surface area contributed by atoms with Crippen molar-refractivity contribution in [3.05, 3.63) is 29.8 Å². The Bertz CT molecular complexity index is 561. The molecule has 1 aliphatic heterocycles. The lowest BCUT2D eigenvalue weighted by molar-refractivity contribution is -0.135. The van der Waals surface area contributed by atoms with Gasteiger partial charge in [-0.25, -0.2) is 0 Å². The molecule has 1 N–H and O–H groups in total. The molecule has 1 heterocycles. The predicted molar refractivity (Wildman–Crippen MR) is 98.5 cm³/mol. The highest BCUT2D eigenvalue weighted by molar-refractivity contribution is 5.78. The van der Waals surface area contributed by atoms with Gasteiger partial charge in [0, 0.05) is 31.5 Å². The maximum atomic E-state index is 12.0. The molecule has 0 unspecified atom stereocenters. The van der Waals surface area contributed by atoms with Crippen LogP contribution >= 0.6 is 0 Å². The number of nitrogens with one attached hydrogen (secondary N) is 1. The van der Waals surface area contributed by atoms with Gasteiger partial charge in [0.05, 0.1) is 6.61 Å². The maximum Gasteiger partial charge on any atom is 0.225 e. The summed E-state index contributed by atoms with van der Waals surface area (Å²) in [5.41, 5.74) is 1.20. The second-order valence-electron chi connectivity index (χ2n) is 7.09. The fraction of sp³-hybridized carbons (Fsp3) is 0.600. The molecule has 1 aromatic rings. The number of hydrogen-bond donors (Lipinski definition) is 1. The number of hydrogen-bond acceptors (Lipinski definition) is 3. The largest absolute Gasteiger partial charge is 0.494 e. The number of rotatable bonds is 7. The summed E-state index contributed by atoms with van der Waals surface area (Å²) in [5, 5.41) is 3.08. The van der Waals surface area contributed by atoms with Crippen molar-refractivity contribution < 1.29 is 14.3 Å². The summed E-state index contributed by atoms with van der Waals surface area (Å²) in [4.78, 5) is 25.9. The number of carbonyl (C=O) groups excluding carboxylic acids is 2. The Labute approximate surface area is 150 Å². The zero-order chi connectivity index (χ0) is 18.2. The van der Waals surface area contributed by atoms with Gasteiger partial charge in [-0.2, -0.15) is 0 Å². The van der Waals surface area contributed by atoms with Gasteiger partial charge in [0.25, 0.3) is 0 Å². The number of ether oxygens (including phenoxy) is 1. The molecule has 1 aromatic carbocycles. The van der Waals surface area contributed by atoms with E-state index in [0.29, 0.717) is 19.4 Å². The predicted octanol–water partition coefficient (Wildman–Crippen LogP) is 2.92. The number of likely N-dealkylation sites (tertiary alicyclic amines) is 1. The summed E-state index contributed by atoms with van der Waals surface area (Å²) in [6.45, 7) is 7.90. The van der Waals surface area contributed by atoms with Gasteiger partial charge in [0.1, 0.15) is 5.75 Å². The van der Waals surface area contributed by atoms with E-state index in [1.165, 1.54) is 5.56 Å². The third-order valence-electron chi connectivity index (χ3n) is 4.50. The van der Waals surface area contributed by atoms with Gasteiger partial charge in [-0.1, -0.05) is 31.5 Å². The molecule has 0 radical (unpaired) electrons. The molecule has 0 atom stereocenters. The van der Waals surface area contributed by atoms with E-state index in [4.69, 9.17) is 4.74 Å². The van der Waals surface area contributed by atoms with Crippen LogP contribution in [0.5, 0.6) is 5.75 Å². The number of piperidine rings is 1. The monoisotopic (exact) mass is 346 g/mol. The van der Waals surface area contributed by atoms with Gasteiger partial charge < -0.3 is 15.0 Å². The second-order valence-corrected chi connectivity index (χ2v) is 7.09. The van der Waals surface area contributed by atoms with Gasteiger partial charge in [0.15, 0.2) is 0 Å². The normalized spacial score (nSPS) is 15.3.